The Balaban J connectivity index is -0.000000312. The van der Waals surface area contributed by atoms with Crippen LogP contribution in [0.5, 0.6) is 0 Å². The summed E-state index contributed by atoms with van der Waals surface area (Å²) in [4.78, 5) is 86.7. The van der Waals surface area contributed by atoms with E-state index < -0.39 is 23.8 Å². The normalized spacial score (nSPS) is 12.6. The molecule has 0 N–H and O–H groups in total. The second-order valence-corrected chi connectivity index (χ2v) is 20.0. The Morgan fingerprint density at radius 1 is 0.370 bits per heavy atom. The standard InChI is InChI=1S/C33H59NO8.C23H42O5.C3H8.4C2H6/c1-5-9-11-13-15-17-20-39-30(35)22-27(23-31(36)40-21-18-16-14-12-10-6-2)24-32(37)42-26-29-25-28(8-4)34(29)33(38)41-19-7-3;1-3-5-7-9-11-13-17-27-22(25)19-21(15-16-24)20-23(26)28-18-14-12-10-8-6-4-2;1-3-2;4*1-2/h27-29H,5-26H2,1-4H3;16,21H,3-15,17-20H2,1-2H3;3H2,1-2H3;4*1-2H3. The molecular formula is C67H133NO13. The van der Waals surface area contributed by atoms with Gasteiger partial charge in [-0.2, -0.15) is 0 Å². The molecule has 0 saturated carbocycles. The van der Waals surface area contributed by atoms with Crippen LogP contribution in [0.15, 0.2) is 0 Å². The monoisotopic (exact) mass is 1160 g/mol. The van der Waals surface area contributed by atoms with Gasteiger partial charge in [0.15, 0.2) is 0 Å². The summed E-state index contributed by atoms with van der Waals surface area (Å²) >= 11 is 0. The van der Waals surface area contributed by atoms with Crippen LogP contribution in [-0.2, 0) is 57.2 Å². The topological polar surface area (TPSA) is 178 Å². The van der Waals surface area contributed by atoms with E-state index in [1.807, 2.05) is 69.2 Å². The van der Waals surface area contributed by atoms with Crippen molar-refractivity contribution in [2.75, 3.05) is 39.6 Å². The highest BCUT2D eigenvalue weighted by molar-refractivity contribution is 5.77. The molecule has 2 unspecified atom stereocenters. The van der Waals surface area contributed by atoms with Crippen molar-refractivity contribution >= 4 is 42.2 Å². The number of unbranched alkanes of at least 4 members (excludes halogenated alkanes) is 20. The molecule has 2 atom stereocenters. The van der Waals surface area contributed by atoms with Gasteiger partial charge in [0.05, 0.1) is 39.1 Å². The number of carbonyl (C=O) groups is 7. The van der Waals surface area contributed by atoms with Crippen molar-refractivity contribution in [1.82, 2.24) is 4.90 Å². The smallest absolute Gasteiger partial charge is 0.410 e. The Kier molecular flexibility index (Phi) is 81.2. The van der Waals surface area contributed by atoms with Crippen LogP contribution in [0.1, 0.15) is 329 Å². The molecule has 0 aromatic rings. The molecule has 14 nitrogen and oxygen atoms in total. The molecule has 14 heteroatoms. The number of nitrogens with zero attached hydrogens (tertiary/aromatic N) is 1. The maximum absolute atomic E-state index is 12.8. The van der Waals surface area contributed by atoms with E-state index in [1.54, 1.807) is 4.90 Å². The van der Waals surface area contributed by atoms with Gasteiger partial charge in [0.2, 0.25) is 0 Å². The fourth-order valence-electron chi connectivity index (χ4n) is 8.30. The van der Waals surface area contributed by atoms with E-state index in [9.17, 15) is 33.6 Å². The molecule has 81 heavy (non-hydrogen) atoms. The first kappa shape index (κ1) is 88.5. The Morgan fingerprint density at radius 3 is 0.938 bits per heavy atom. The van der Waals surface area contributed by atoms with Crippen LogP contribution < -0.4 is 0 Å². The molecule has 0 aliphatic carbocycles. The highest BCUT2D eigenvalue weighted by atomic mass is 16.6. The number of hydrogen-bond donors (Lipinski definition) is 0. The Hall–Kier alpha value is -3.71. The number of ether oxygens (including phenoxy) is 6. The van der Waals surface area contributed by atoms with Crippen LogP contribution in [-0.4, -0.2) is 98.9 Å². The van der Waals surface area contributed by atoms with E-state index in [1.165, 1.54) is 96.3 Å². The quantitative estimate of drug-likeness (QED) is 0.0244. The van der Waals surface area contributed by atoms with Crippen LogP contribution in [0.3, 0.4) is 0 Å². The van der Waals surface area contributed by atoms with Crippen LogP contribution in [0.2, 0.25) is 0 Å². The lowest BCUT2D eigenvalue weighted by Gasteiger charge is -2.47. The van der Waals surface area contributed by atoms with Crippen molar-refractivity contribution in [2.45, 2.75) is 341 Å². The van der Waals surface area contributed by atoms with Gasteiger partial charge < -0.3 is 33.2 Å². The van der Waals surface area contributed by atoms with E-state index >= 15 is 0 Å². The molecule has 484 valence electrons. The minimum atomic E-state index is -0.568. The average molecular weight is 1160 g/mol. The van der Waals surface area contributed by atoms with Crippen molar-refractivity contribution in [3.05, 3.63) is 0 Å². The molecule has 1 fully saturated rings. The minimum absolute atomic E-state index is 0.0478. The predicted molar refractivity (Wildman–Crippen MR) is 336 cm³/mol. The van der Waals surface area contributed by atoms with Gasteiger partial charge in [-0.25, -0.2) is 4.79 Å². The summed E-state index contributed by atoms with van der Waals surface area (Å²) in [5.41, 5.74) is 0. The molecule has 0 bridgehead atoms. The summed E-state index contributed by atoms with van der Waals surface area (Å²) in [6.07, 6.45) is 30.7. The second kappa shape index (κ2) is 74.3. The maximum Gasteiger partial charge on any atom is 0.410 e. The number of amides is 1. The van der Waals surface area contributed by atoms with Gasteiger partial charge in [0.1, 0.15) is 12.9 Å². The van der Waals surface area contributed by atoms with Crippen molar-refractivity contribution in [3.63, 3.8) is 0 Å². The first-order valence-electron chi connectivity index (χ1n) is 33.6. The number of hydrogen-bond acceptors (Lipinski definition) is 13. The van der Waals surface area contributed by atoms with Crippen molar-refractivity contribution in [2.24, 2.45) is 11.8 Å². The van der Waals surface area contributed by atoms with E-state index in [0.29, 0.717) is 33.0 Å². The lowest BCUT2D eigenvalue weighted by molar-refractivity contribution is -0.153. The van der Waals surface area contributed by atoms with Crippen molar-refractivity contribution in [3.8, 4) is 0 Å². The molecule has 1 aliphatic rings. The summed E-state index contributed by atoms with van der Waals surface area (Å²) in [5, 5.41) is 0. The van der Waals surface area contributed by atoms with E-state index in [2.05, 4.69) is 41.5 Å². The molecule has 1 saturated heterocycles. The Labute approximate surface area is 499 Å². The Bertz CT molecular complexity index is 1300. The zero-order chi connectivity index (χ0) is 62.6. The van der Waals surface area contributed by atoms with Crippen molar-refractivity contribution in [1.29, 1.82) is 0 Å². The van der Waals surface area contributed by atoms with Crippen LogP contribution in [0.4, 0.5) is 4.79 Å². The predicted octanol–water partition coefficient (Wildman–Crippen LogP) is 18.8. The summed E-state index contributed by atoms with van der Waals surface area (Å²) in [5.74, 6) is -2.89. The fraction of sp³-hybridized carbons (Fsp3) is 0.896. The third kappa shape index (κ3) is 62.2. The molecule has 0 aromatic heterocycles. The highest BCUT2D eigenvalue weighted by Crippen LogP contribution is 2.30. The summed E-state index contributed by atoms with van der Waals surface area (Å²) in [6.45, 7) is 34.8. The van der Waals surface area contributed by atoms with Gasteiger partial charge in [-0.3, -0.25) is 28.9 Å². The summed E-state index contributed by atoms with van der Waals surface area (Å²) < 4.78 is 32.1. The number of rotatable bonds is 45. The Morgan fingerprint density at radius 2 is 0.654 bits per heavy atom. The number of aldehydes is 1. The molecule has 1 amide bonds. The number of esters is 5. The SMILES string of the molecule is CC.CC.CC.CC.CCC.CCCCCCCCOC(=O)CC(CC(=O)OCCCCCCCC)CC(=O)OCC1CC(CC)N1C(=O)OCCC.CCCCCCCCOC(=O)CC(CC=O)CC(=O)OCCCCCCCC. The van der Waals surface area contributed by atoms with Crippen LogP contribution in [0.25, 0.3) is 0 Å². The number of carbonyl (C=O) groups excluding carboxylic acids is 7. The zero-order valence-corrected chi connectivity index (χ0v) is 55.9. The summed E-state index contributed by atoms with van der Waals surface area (Å²) in [7, 11) is 0. The fourth-order valence-corrected chi connectivity index (χ4v) is 8.30. The van der Waals surface area contributed by atoms with Gasteiger partial charge in [-0.15, -0.1) is 0 Å². The molecule has 0 radical (unpaired) electrons. The third-order valence-corrected chi connectivity index (χ3v) is 12.6. The van der Waals surface area contributed by atoms with Gasteiger partial charge in [-0.05, 0) is 56.8 Å². The van der Waals surface area contributed by atoms with Gasteiger partial charge >= 0.3 is 35.9 Å². The van der Waals surface area contributed by atoms with Gasteiger partial charge in [0, 0.05) is 44.6 Å². The first-order chi connectivity index (χ1) is 39.4. The van der Waals surface area contributed by atoms with Gasteiger partial charge in [-0.1, -0.05) is 246 Å². The third-order valence-electron chi connectivity index (χ3n) is 12.6. The van der Waals surface area contributed by atoms with E-state index in [4.69, 9.17) is 28.4 Å². The average Bonchev–Trinajstić information content (AvgIpc) is 3.45. The minimum Gasteiger partial charge on any atom is -0.466 e. The van der Waals surface area contributed by atoms with Gasteiger partial charge in [0.25, 0.3) is 0 Å². The molecule has 0 aromatic carbocycles. The molecule has 1 aliphatic heterocycles. The van der Waals surface area contributed by atoms with E-state index in [0.717, 1.165) is 89.8 Å². The molecule has 0 spiro atoms. The maximum atomic E-state index is 12.8. The first-order valence-corrected chi connectivity index (χ1v) is 33.6. The molecule has 1 rings (SSSR count). The lowest BCUT2D eigenvalue weighted by atomic mass is 9.92. The highest BCUT2D eigenvalue weighted by Gasteiger charge is 2.42. The summed E-state index contributed by atoms with van der Waals surface area (Å²) in [6, 6.07) is -0.153. The molecule has 1 heterocycles. The second-order valence-electron chi connectivity index (χ2n) is 20.0. The molecular weight excluding hydrogens is 1030 g/mol. The number of likely N-dealkylation sites (tertiary alicyclic amines) is 1. The van der Waals surface area contributed by atoms with Crippen LogP contribution in [0, 0.1) is 11.8 Å². The lowest BCUT2D eigenvalue weighted by Crippen LogP contribution is -2.60. The largest absolute Gasteiger partial charge is 0.466 e. The van der Waals surface area contributed by atoms with Crippen LogP contribution >= 0.6 is 0 Å². The van der Waals surface area contributed by atoms with Crippen molar-refractivity contribution < 1.29 is 62.0 Å². The zero-order valence-electron chi connectivity index (χ0n) is 55.9. The van der Waals surface area contributed by atoms with E-state index in [-0.39, 0.29) is 81.2 Å².